The van der Waals surface area contributed by atoms with Crippen molar-refractivity contribution in [3.63, 3.8) is 0 Å². The molecular formula is C21H22FN3O3S. The lowest BCUT2D eigenvalue weighted by Crippen LogP contribution is -2.72. The van der Waals surface area contributed by atoms with Crippen LogP contribution in [0.3, 0.4) is 0 Å². The van der Waals surface area contributed by atoms with Crippen LogP contribution in [-0.4, -0.2) is 42.8 Å². The zero-order chi connectivity index (χ0) is 20.9. The van der Waals surface area contributed by atoms with Gasteiger partial charge in [-0.05, 0) is 49.5 Å². The number of para-hydroxylation sites is 1. The Bertz CT molecular complexity index is 982. The highest BCUT2D eigenvalue weighted by atomic mass is 32.1. The van der Waals surface area contributed by atoms with Gasteiger partial charge < -0.3 is 19.7 Å². The Morgan fingerprint density at radius 3 is 2.59 bits per heavy atom. The molecule has 3 unspecified atom stereocenters. The van der Waals surface area contributed by atoms with Gasteiger partial charge in [0.25, 0.3) is 0 Å². The van der Waals surface area contributed by atoms with Crippen molar-refractivity contribution in [2.24, 2.45) is 5.92 Å². The molecule has 3 atom stereocenters. The van der Waals surface area contributed by atoms with Gasteiger partial charge in [-0.3, -0.25) is 9.69 Å². The molecule has 29 heavy (non-hydrogen) atoms. The molecule has 2 aliphatic heterocycles. The van der Waals surface area contributed by atoms with Crippen molar-refractivity contribution in [3.8, 4) is 11.5 Å². The van der Waals surface area contributed by atoms with Crippen molar-refractivity contribution in [3.05, 3.63) is 53.8 Å². The van der Waals surface area contributed by atoms with Gasteiger partial charge in [0.2, 0.25) is 5.91 Å². The van der Waals surface area contributed by atoms with Crippen LogP contribution in [0, 0.1) is 11.7 Å². The molecule has 1 fully saturated rings. The van der Waals surface area contributed by atoms with E-state index in [9.17, 15) is 9.18 Å². The number of hydrogen-bond acceptors (Lipinski definition) is 4. The van der Waals surface area contributed by atoms with Gasteiger partial charge in [-0.1, -0.05) is 12.1 Å². The fraction of sp³-hybridized carbons (Fsp3) is 0.333. The first-order valence-electron chi connectivity index (χ1n) is 9.21. The second-order valence-corrected chi connectivity index (χ2v) is 7.87. The fourth-order valence-corrected chi connectivity index (χ4v) is 4.58. The number of fused-ring (bicyclic) bond motifs is 4. The smallest absolute Gasteiger partial charge is 0.233 e. The molecule has 6 nitrogen and oxygen atoms in total. The predicted octanol–water partition coefficient (Wildman–Crippen LogP) is 3.08. The van der Waals surface area contributed by atoms with Crippen LogP contribution < -0.4 is 19.7 Å². The lowest BCUT2D eigenvalue weighted by atomic mass is 9.78. The van der Waals surface area contributed by atoms with Gasteiger partial charge >= 0.3 is 0 Å². The summed E-state index contributed by atoms with van der Waals surface area (Å²) in [4.78, 5) is 16.5. The summed E-state index contributed by atoms with van der Waals surface area (Å²) in [6, 6.07) is 11.1. The van der Waals surface area contributed by atoms with E-state index in [1.54, 1.807) is 43.1 Å². The summed E-state index contributed by atoms with van der Waals surface area (Å²) >= 11 is 5.65. The SMILES string of the molecule is COc1cccc2c1OC1(C)C(C(=O)N(C)C)C2NC(=S)N1c1ccc(F)cc1. The molecule has 152 valence electrons. The molecule has 2 bridgehead atoms. The minimum Gasteiger partial charge on any atom is -0.493 e. The molecule has 2 aliphatic rings. The number of anilines is 1. The van der Waals surface area contributed by atoms with E-state index in [2.05, 4.69) is 5.32 Å². The third-order valence-electron chi connectivity index (χ3n) is 5.50. The zero-order valence-electron chi connectivity index (χ0n) is 16.6. The van der Waals surface area contributed by atoms with Crippen molar-refractivity contribution in [1.29, 1.82) is 0 Å². The molecule has 8 heteroatoms. The minimum atomic E-state index is -1.15. The Labute approximate surface area is 174 Å². The molecule has 1 N–H and O–H groups in total. The van der Waals surface area contributed by atoms with Gasteiger partial charge in [0.05, 0.1) is 13.2 Å². The average molecular weight is 415 g/mol. The van der Waals surface area contributed by atoms with Crippen molar-refractivity contribution in [2.75, 3.05) is 26.1 Å². The van der Waals surface area contributed by atoms with Crippen LogP contribution in [0.15, 0.2) is 42.5 Å². The Morgan fingerprint density at radius 2 is 1.97 bits per heavy atom. The van der Waals surface area contributed by atoms with E-state index in [-0.39, 0.29) is 11.7 Å². The predicted molar refractivity (Wildman–Crippen MR) is 112 cm³/mol. The lowest BCUT2D eigenvalue weighted by molar-refractivity contribution is -0.144. The Hall–Kier alpha value is -2.87. The first kappa shape index (κ1) is 19.4. The summed E-state index contributed by atoms with van der Waals surface area (Å²) < 4.78 is 25.5. The van der Waals surface area contributed by atoms with Crippen LogP contribution in [0.4, 0.5) is 10.1 Å². The van der Waals surface area contributed by atoms with E-state index < -0.39 is 17.7 Å². The first-order chi connectivity index (χ1) is 13.8. The minimum absolute atomic E-state index is 0.104. The van der Waals surface area contributed by atoms with Crippen LogP contribution in [0.2, 0.25) is 0 Å². The second-order valence-electron chi connectivity index (χ2n) is 7.48. The maximum atomic E-state index is 13.5. The topological polar surface area (TPSA) is 54.0 Å². The summed E-state index contributed by atoms with van der Waals surface area (Å²) in [7, 11) is 5.00. The van der Waals surface area contributed by atoms with E-state index in [1.807, 2.05) is 25.1 Å². The number of thiocarbonyl (C=S) groups is 1. The third kappa shape index (κ3) is 2.90. The summed E-state index contributed by atoms with van der Waals surface area (Å²) in [5.74, 6) is 0.0719. The molecule has 2 heterocycles. The van der Waals surface area contributed by atoms with Crippen LogP contribution >= 0.6 is 12.2 Å². The largest absolute Gasteiger partial charge is 0.493 e. The van der Waals surface area contributed by atoms with E-state index in [4.69, 9.17) is 21.7 Å². The molecule has 1 amide bonds. The standard InChI is InChI=1S/C21H22FN3O3S/c1-21-16(19(26)24(2)3)17(14-6-5-7-15(27-4)18(14)28-21)23-20(29)25(21)13-10-8-12(22)9-11-13/h5-11,16-17H,1-4H3,(H,23,29). The third-order valence-corrected chi connectivity index (χ3v) is 5.80. The number of rotatable bonds is 3. The Kier molecular flexibility index (Phi) is 4.61. The molecule has 0 saturated carbocycles. The summed E-state index contributed by atoms with van der Waals surface area (Å²) in [6.07, 6.45) is 0. The highest BCUT2D eigenvalue weighted by Gasteiger charge is 2.59. The fourth-order valence-electron chi connectivity index (χ4n) is 4.17. The number of nitrogens with zero attached hydrogens (tertiary/aromatic N) is 2. The van der Waals surface area contributed by atoms with Crippen LogP contribution in [0.5, 0.6) is 11.5 Å². The summed E-state index contributed by atoms with van der Waals surface area (Å²) in [5.41, 5.74) is 0.288. The molecule has 1 saturated heterocycles. The second kappa shape index (κ2) is 6.88. The monoisotopic (exact) mass is 415 g/mol. The van der Waals surface area contributed by atoms with Crippen molar-refractivity contribution in [1.82, 2.24) is 10.2 Å². The average Bonchev–Trinajstić information content (AvgIpc) is 2.68. The molecule has 0 spiro atoms. The van der Waals surface area contributed by atoms with Crippen molar-refractivity contribution < 1.29 is 18.7 Å². The number of hydrogen-bond donors (Lipinski definition) is 1. The van der Waals surface area contributed by atoms with E-state index in [0.717, 1.165) is 5.56 Å². The quantitative estimate of drug-likeness (QED) is 0.778. The van der Waals surface area contributed by atoms with Gasteiger partial charge in [-0.25, -0.2) is 4.39 Å². The van der Waals surface area contributed by atoms with Crippen LogP contribution in [0.1, 0.15) is 18.5 Å². The van der Waals surface area contributed by atoms with Crippen molar-refractivity contribution in [2.45, 2.75) is 18.7 Å². The molecule has 4 rings (SSSR count). The number of nitrogens with one attached hydrogen (secondary N) is 1. The summed E-state index contributed by atoms with van der Waals surface area (Å²) in [5, 5.41) is 3.71. The number of carbonyl (C=O) groups excluding carboxylic acids is 1. The number of halogens is 1. The van der Waals surface area contributed by atoms with Gasteiger partial charge in [-0.2, -0.15) is 0 Å². The van der Waals surface area contributed by atoms with Gasteiger partial charge in [0.15, 0.2) is 22.3 Å². The highest BCUT2D eigenvalue weighted by Crippen LogP contribution is 2.52. The normalized spacial score (nSPS) is 24.9. The maximum Gasteiger partial charge on any atom is 0.233 e. The molecule has 0 radical (unpaired) electrons. The number of methoxy groups -OCH3 is 1. The van der Waals surface area contributed by atoms with Gasteiger partial charge in [0, 0.05) is 25.3 Å². The molecule has 2 aromatic rings. The maximum absolute atomic E-state index is 13.5. The lowest BCUT2D eigenvalue weighted by Gasteiger charge is -2.56. The van der Waals surface area contributed by atoms with E-state index in [0.29, 0.717) is 22.3 Å². The van der Waals surface area contributed by atoms with Gasteiger partial charge in [-0.15, -0.1) is 0 Å². The molecule has 0 aromatic heterocycles. The number of ether oxygens (including phenoxy) is 2. The van der Waals surface area contributed by atoms with Crippen LogP contribution in [0.25, 0.3) is 0 Å². The number of carbonyl (C=O) groups is 1. The highest BCUT2D eigenvalue weighted by molar-refractivity contribution is 7.80. The Morgan fingerprint density at radius 1 is 1.28 bits per heavy atom. The summed E-state index contributed by atoms with van der Waals surface area (Å²) in [6.45, 7) is 1.83. The Balaban J connectivity index is 1.93. The first-order valence-corrected chi connectivity index (χ1v) is 9.62. The molecular weight excluding hydrogens is 393 g/mol. The van der Waals surface area contributed by atoms with E-state index >= 15 is 0 Å². The molecule has 0 aliphatic carbocycles. The van der Waals surface area contributed by atoms with Crippen LogP contribution in [-0.2, 0) is 4.79 Å². The molecule has 2 aromatic carbocycles. The van der Waals surface area contributed by atoms with Crippen molar-refractivity contribution >= 4 is 28.9 Å². The van der Waals surface area contributed by atoms with E-state index in [1.165, 1.54) is 12.1 Å². The number of benzene rings is 2. The number of amides is 1. The van der Waals surface area contributed by atoms with Gasteiger partial charge in [0.1, 0.15) is 11.7 Å². The zero-order valence-corrected chi connectivity index (χ0v) is 17.4.